The first kappa shape index (κ1) is 41.1. The second-order valence-electron chi connectivity index (χ2n) is 16.2. The van der Waals surface area contributed by atoms with Crippen LogP contribution >= 0.6 is 0 Å². The monoisotopic (exact) mass is 824 g/mol. The van der Waals surface area contributed by atoms with E-state index in [0.29, 0.717) is 43.6 Å². The molecule has 4 aromatic rings. The van der Waals surface area contributed by atoms with Crippen LogP contribution in [0.2, 0.25) is 0 Å². The molecular weight excluding hydrogens is 784 g/mol. The lowest BCUT2D eigenvalue weighted by Crippen LogP contribution is -2.66. The Labute approximate surface area is 341 Å². The highest BCUT2D eigenvalue weighted by Crippen LogP contribution is 2.72. The molecule has 4 aromatic carbocycles. The maximum absolute atomic E-state index is 12.0. The van der Waals surface area contributed by atoms with Gasteiger partial charge in [-0.05, 0) is 111 Å². The number of benzene rings is 4. The molecule has 8 rings (SSSR count). The Balaban J connectivity index is 1.28. The summed E-state index contributed by atoms with van der Waals surface area (Å²) in [5.74, 6) is -7.46. The van der Waals surface area contributed by atoms with Gasteiger partial charge in [0, 0.05) is 22.2 Å². The standard InChI is InChI=1S/C44H40O16/c45-36(46)24-3-1-5-31(9-24)58-21-42-15-30-16-43(18-42,22-59-32-6-2-4-25(10-32)37(47)48)20-44(19-42,23-60-34-13-28(40(53)54)8-29(14-34)41(55)56)35(30)17-57-33-11-26(38(49)50)7-27(12-33)39(51)52/h1-14,30,35H,15-23H2,(H,45,46)(H,47,48)(H,49,50)(H,51,52)(H,53,54)(H,55,56). The molecule has 4 aliphatic rings. The molecule has 312 valence electrons. The van der Waals surface area contributed by atoms with Gasteiger partial charge in [0.15, 0.2) is 0 Å². The molecule has 4 fully saturated rings. The van der Waals surface area contributed by atoms with Crippen molar-refractivity contribution in [2.45, 2.75) is 32.1 Å². The zero-order chi connectivity index (χ0) is 43.0. The molecule has 0 aliphatic heterocycles. The summed E-state index contributed by atoms with van der Waals surface area (Å²) in [7, 11) is 0. The number of aromatic carboxylic acids is 6. The smallest absolute Gasteiger partial charge is 0.335 e. The zero-order valence-electron chi connectivity index (χ0n) is 31.9. The van der Waals surface area contributed by atoms with Gasteiger partial charge in [0.1, 0.15) is 23.0 Å². The molecule has 0 amide bonds. The lowest BCUT2D eigenvalue weighted by molar-refractivity contribution is -0.227. The summed E-state index contributed by atoms with van der Waals surface area (Å²) in [6, 6.07) is 19.2. The highest BCUT2D eigenvalue weighted by molar-refractivity contribution is 5.95. The first-order chi connectivity index (χ1) is 28.5. The van der Waals surface area contributed by atoms with Crippen LogP contribution in [0.1, 0.15) is 94.3 Å². The van der Waals surface area contributed by atoms with E-state index in [1.807, 2.05) is 0 Å². The van der Waals surface area contributed by atoms with Gasteiger partial charge in [0.2, 0.25) is 0 Å². The van der Waals surface area contributed by atoms with Gasteiger partial charge in [0.25, 0.3) is 0 Å². The molecule has 4 bridgehead atoms. The average Bonchev–Trinajstić information content (AvgIpc) is 3.21. The van der Waals surface area contributed by atoms with Crippen LogP contribution in [0.3, 0.4) is 0 Å². The summed E-state index contributed by atoms with van der Waals surface area (Å²) in [4.78, 5) is 71.4. The van der Waals surface area contributed by atoms with Crippen LogP contribution in [-0.2, 0) is 0 Å². The first-order valence-corrected chi connectivity index (χ1v) is 18.9. The maximum Gasteiger partial charge on any atom is 0.335 e. The molecule has 0 saturated heterocycles. The summed E-state index contributed by atoms with van der Waals surface area (Å²) in [5, 5.41) is 58.2. The van der Waals surface area contributed by atoms with E-state index in [1.54, 1.807) is 24.3 Å². The Morgan fingerprint density at radius 1 is 0.450 bits per heavy atom. The van der Waals surface area contributed by atoms with Crippen LogP contribution in [0.15, 0.2) is 84.9 Å². The van der Waals surface area contributed by atoms with E-state index in [2.05, 4.69) is 0 Å². The predicted molar refractivity (Wildman–Crippen MR) is 207 cm³/mol. The molecule has 3 atom stereocenters. The summed E-state index contributed by atoms with van der Waals surface area (Å²) < 4.78 is 25.4. The van der Waals surface area contributed by atoms with Gasteiger partial charge in [-0.1, -0.05) is 12.1 Å². The predicted octanol–water partition coefficient (Wildman–Crippen LogP) is 6.67. The minimum absolute atomic E-state index is 0.00505. The fourth-order valence-corrected chi connectivity index (χ4v) is 10.0. The SMILES string of the molecule is O=C(O)c1cccc(OCC23CC4CC(COc5cccc(C(=O)O)c5)(C2)CC(COc2cc(C(=O)O)cc(C(=O)O)c2)(C3)C4COc2cc(C(=O)O)cc(C(=O)O)c2)c1. The highest BCUT2D eigenvalue weighted by atomic mass is 16.5. The van der Waals surface area contributed by atoms with Crippen LogP contribution in [-0.4, -0.2) is 92.9 Å². The normalized spacial score (nSPS) is 23.6. The van der Waals surface area contributed by atoms with Crippen LogP contribution < -0.4 is 18.9 Å². The summed E-state index contributed by atoms with van der Waals surface area (Å²) >= 11 is 0. The number of hydrogen-bond donors (Lipinski definition) is 6. The van der Waals surface area contributed by atoms with Crippen LogP contribution in [0.4, 0.5) is 0 Å². The van der Waals surface area contributed by atoms with E-state index < -0.39 is 52.1 Å². The lowest BCUT2D eigenvalue weighted by Gasteiger charge is -2.69. The molecule has 0 radical (unpaired) electrons. The number of hydrogen-bond acceptors (Lipinski definition) is 10. The van der Waals surface area contributed by atoms with Crippen molar-refractivity contribution in [3.05, 3.63) is 118 Å². The Morgan fingerprint density at radius 2 is 0.817 bits per heavy atom. The Hall–Kier alpha value is -7.10. The molecule has 0 aromatic heterocycles. The Morgan fingerprint density at radius 3 is 1.22 bits per heavy atom. The Bertz CT molecular complexity index is 2260. The number of carboxylic acids is 6. The van der Waals surface area contributed by atoms with Gasteiger partial charge in [-0.2, -0.15) is 0 Å². The number of carboxylic acid groups (broad SMARTS) is 6. The number of carbonyl (C=O) groups is 6. The van der Waals surface area contributed by atoms with Gasteiger partial charge in [0.05, 0.1) is 59.8 Å². The number of rotatable bonds is 18. The molecule has 16 heteroatoms. The number of ether oxygens (including phenoxy) is 4. The van der Waals surface area contributed by atoms with Gasteiger partial charge in [-0.25, -0.2) is 28.8 Å². The molecular formula is C44H40O16. The minimum atomic E-state index is -1.36. The summed E-state index contributed by atoms with van der Waals surface area (Å²) in [6.45, 7) is 0.222. The van der Waals surface area contributed by atoms with Crippen molar-refractivity contribution < 1.29 is 78.4 Å². The second-order valence-corrected chi connectivity index (χ2v) is 16.2. The minimum Gasteiger partial charge on any atom is -0.493 e. The van der Waals surface area contributed by atoms with Crippen molar-refractivity contribution in [1.29, 1.82) is 0 Å². The quantitative estimate of drug-likeness (QED) is 0.0612. The topological polar surface area (TPSA) is 261 Å². The van der Waals surface area contributed by atoms with E-state index in [4.69, 9.17) is 18.9 Å². The van der Waals surface area contributed by atoms with E-state index in [-0.39, 0.29) is 83.1 Å². The van der Waals surface area contributed by atoms with E-state index in [1.165, 1.54) is 48.5 Å². The van der Waals surface area contributed by atoms with E-state index in [0.717, 1.165) is 12.1 Å². The van der Waals surface area contributed by atoms with Crippen LogP contribution in [0.5, 0.6) is 23.0 Å². The summed E-state index contributed by atoms with van der Waals surface area (Å²) in [5.41, 5.74) is -3.09. The molecule has 6 N–H and O–H groups in total. The highest BCUT2D eigenvalue weighted by Gasteiger charge is 2.68. The van der Waals surface area contributed by atoms with Crippen molar-refractivity contribution >= 4 is 35.8 Å². The molecule has 3 unspecified atom stereocenters. The summed E-state index contributed by atoms with van der Waals surface area (Å²) in [6.07, 6.45) is 2.68. The van der Waals surface area contributed by atoms with Crippen molar-refractivity contribution in [3.8, 4) is 23.0 Å². The molecule has 0 spiro atoms. The molecule has 0 heterocycles. The van der Waals surface area contributed by atoms with Gasteiger partial charge < -0.3 is 49.6 Å². The third-order valence-corrected chi connectivity index (χ3v) is 12.0. The van der Waals surface area contributed by atoms with E-state index in [9.17, 15) is 59.4 Å². The Kier molecular flexibility index (Phi) is 10.9. The van der Waals surface area contributed by atoms with Gasteiger partial charge in [-0.15, -0.1) is 0 Å². The fourth-order valence-electron chi connectivity index (χ4n) is 10.0. The zero-order valence-corrected chi connectivity index (χ0v) is 31.9. The molecule has 4 aliphatic carbocycles. The molecule has 60 heavy (non-hydrogen) atoms. The van der Waals surface area contributed by atoms with Crippen molar-refractivity contribution in [1.82, 2.24) is 0 Å². The second kappa shape index (κ2) is 15.9. The molecule has 16 nitrogen and oxygen atoms in total. The third-order valence-electron chi connectivity index (χ3n) is 12.0. The van der Waals surface area contributed by atoms with Crippen LogP contribution in [0.25, 0.3) is 0 Å². The van der Waals surface area contributed by atoms with Gasteiger partial charge >= 0.3 is 35.8 Å². The fraction of sp³-hybridized carbons (Fsp3) is 0.318. The van der Waals surface area contributed by atoms with Gasteiger partial charge in [-0.3, -0.25) is 0 Å². The van der Waals surface area contributed by atoms with Crippen molar-refractivity contribution in [3.63, 3.8) is 0 Å². The first-order valence-electron chi connectivity index (χ1n) is 18.9. The third kappa shape index (κ3) is 8.53. The lowest BCUT2D eigenvalue weighted by atomic mass is 9.37. The average molecular weight is 825 g/mol. The van der Waals surface area contributed by atoms with Crippen molar-refractivity contribution in [2.75, 3.05) is 26.4 Å². The maximum atomic E-state index is 12.0. The van der Waals surface area contributed by atoms with E-state index >= 15 is 0 Å². The van der Waals surface area contributed by atoms with Crippen LogP contribution in [0, 0.1) is 28.1 Å². The molecule has 4 saturated carbocycles. The largest absolute Gasteiger partial charge is 0.493 e. The van der Waals surface area contributed by atoms with Crippen molar-refractivity contribution in [2.24, 2.45) is 28.1 Å².